The maximum atomic E-state index is 7.21. The largest absolute Gasteiger partial charge is 0.274 e. The van der Waals surface area contributed by atoms with Crippen LogP contribution in [0.4, 0.5) is 0 Å². The summed E-state index contributed by atoms with van der Waals surface area (Å²) in [6.45, 7) is 0. The van der Waals surface area contributed by atoms with E-state index in [0.717, 1.165) is 0 Å². The third-order valence-corrected chi connectivity index (χ3v) is 0.0516. The van der Waals surface area contributed by atoms with Crippen molar-refractivity contribution in [1.29, 1.82) is 0 Å². The van der Waals surface area contributed by atoms with E-state index in [1.54, 1.807) is 0 Å². The van der Waals surface area contributed by atoms with Crippen molar-refractivity contribution in [3.63, 3.8) is 0 Å². The fourth-order valence-electron chi connectivity index (χ4n) is 0. The summed E-state index contributed by atoms with van der Waals surface area (Å²) < 4.78 is 0. The van der Waals surface area contributed by atoms with Crippen molar-refractivity contribution in [1.82, 2.24) is 0 Å². The zero-order chi connectivity index (χ0) is 3.41. The molecule has 4 nitrogen and oxygen atoms in total. The van der Waals surface area contributed by atoms with Gasteiger partial charge in [-0.15, -0.1) is 22.5 Å². The second kappa shape index (κ2) is 9.53. The molecule has 5 heavy (non-hydrogen) atoms. The van der Waals surface area contributed by atoms with E-state index in [1.165, 1.54) is 0 Å². The van der Waals surface area contributed by atoms with E-state index in [0.29, 0.717) is 0 Å². The quantitative estimate of drug-likeness (QED) is 0.173. The Balaban J connectivity index is 0. The van der Waals surface area contributed by atoms with E-state index in [4.69, 9.17) is 5.53 Å². The molecule has 0 saturated heterocycles. The number of nitrogens with zero attached hydrogens (tertiary/aromatic N) is 3. The molecule has 0 aromatic heterocycles. The molecule has 0 aromatic rings. The van der Waals surface area contributed by atoms with Crippen LogP contribution in [-0.2, 0) is 0 Å². The second-order valence-electron chi connectivity index (χ2n) is 0.205. The molecule has 0 aliphatic carbocycles. The van der Waals surface area contributed by atoms with Gasteiger partial charge in [-0.1, -0.05) is 0 Å². The highest BCUT2D eigenvalue weighted by molar-refractivity contribution is 8.93. The van der Waals surface area contributed by atoms with Crippen molar-refractivity contribution in [2.24, 2.45) is 11.1 Å². The van der Waals surface area contributed by atoms with Gasteiger partial charge in [0.1, 0.15) is 0 Å². The lowest BCUT2D eigenvalue weighted by Crippen LogP contribution is -1.66. The van der Waals surface area contributed by atoms with Crippen LogP contribution in [0.2, 0.25) is 0 Å². The zero-order valence-electron chi connectivity index (χ0n) is 2.33. The summed E-state index contributed by atoms with van der Waals surface area (Å²) in [5.41, 5.74) is 7.21. The van der Waals surface area contributed by atoms with Crippen molar-refractivity contribution in [2.75, 3.05) is 0 Å². The summed E-state index contributed by atoms with van der Waals surface area (Å²) in [5, 5.41) is 2.42. The Morgan fingerprint density at radius 3 is 2.00 bits per heavy atom. The summed E-state index contributed by atoms with van der Waals surface area (Å²) in [4.78, 5) is 2.14. The van der Waals surface area contributed by atoms with E-state index in [9.17, 15) is 0 Å². The Morgan fingerprint density at radius 2 is 2.00 bits per heavy atom. The summed E-state index contributed by atoms with van der Waals surface area (Å²) in [6.07, 6.45) is 0. The van der Waals surface area contributed by atoms with Crippen LogP contribution in [0, 0.1) is 0 Å². The Kier molecular flexibility index (Phi) is 16.8. The summed E-state index contributed by atoms with van der Waals surface area (Å²) in [6, 6.07) is 0. The van der Waals surface area contributed by atoms with E-state index in [-0.39, 0.29) is 17.0 Å². The van der Waals surface area contributed by atoms with E-state index in [2.05, 4.69) is 16.0 Å². The average molecular weight is 139 g/mol. The first-order valence-corrected chi connectivity index (χ1v) is 0.658. The van der Waals surface area contributed by atoms with Crippen LogP contribution in [-0.4, -0.2) is 0 Å². The highest BCUT2D eigenvalue weighted by Gasteiger charge is 1.18. The molecule has 0 bridgehead atoms. The molecule has 0 heterocycles. The van der Waals surface area contributed by atoms with Crippen molar-refractivity contribution in [2.45, 2.75) is 0 Å². The monoisotopic (exact) mass is 138 g/mol. The first kappa shape index (κ1) is 8.82. The molecule has 0 unspecified atom stereocenters. The first-order chi connectivity index (χ1) is 1.91. The molecule has 0 aromatic carbocycles. The van der Waals surface area contributed by atoms with Crippen molar-refractivity contribution in [3.8, 4) is 0 Å². The fraction of sp³-hybridized carbons (Fsp3) is 0. The van der Waals surface area contributed by atoms with Gasteiger partial charge < -0.3 is 0 Å². The number of nitrogens with two attached hydrogens (primary N) is 1. The lowest BCUT2D eigenvalue weighted by Gasteiger charge is -1.44. The third kappa shape index (κ3) is 26.1. The predicted molar refractivity (Wildman–Crippen MR) is 23.7 cm³/mol. The van der Waals surface area contributed by atoms with E-state index < -0.39 is 0 Å². The van der Waals surface area contributed by atoms with Gasteiger partial charge in [0.05, 0.1) is 0 Å². The Morgan fingerprint density at radius 1 is 1.80 bits per heavy atom. The molecule has 0 fully saturated rings. The third-order valence-electron chi connectivity index (χ3n) is 0.0516. The minimum atomic E-state index is 0. The van der Waals surface area contributed by atoms with Gasteiger partial charge >= 0.3 is 0 Å². The van der Waals surface area contributed by atoms with Gasteiger partial charge in [-0.3, -0.25) is 5.84 Å². The van der Waals surface area contributed by atoms with Crippen LogP contribution in [0.5, 0.6) is 0 Å². The normalized spacial score (nSPS) is 3.20. The Labute approximate surface area is 39.3 Å². The van der Waals surface area contributed by atoms with Gasteiger partial charge in [0, 0.05) is 0 Å². The van der Waals surface area contributed by atoms with E-state index in [1.807, 2.05) is 0 Å². The molecule has 2 N–H and O–H groups in total. The molecule has 0 saturated carbocycles. The van der Waals surface area contributed by atoms with Crippen LogP contribution < -0.4 is 5.84 Å². The van der Waals surface area contributed by atoms with Crippen molar-refractivity contribution in [3.05, 3.63) is 10.4 Å². The maximum Gasteiger partial charge on any atom is -0.0241 e. The average Bonchev–Trinajstić information content (AvgIpc) is 1.37. The van der Waals surface area contributed by atoms with Gasteiger partial charge in [-0.2, -0.15) is 4.91 Å². The molecule has 0 aliphatic rings. The minimum absolute atomic E-state index is 0. The number of hydrogen-bond donors (Lipinski definition) is 1. The Bertz CT molecular complexity index is 41.6. The summed E-state index contributed by atoms with van der Waals surface area (Å²) in [7, 11) is 0. The molecule has 0 spiro atoms. The molecule has 0 amide bonds. The first-order valence-electron chi connectivity index (χ1n) is 0.658. The van der Waals surface area contributed by atoms with Gasteiger partial charge in [0.25, 0.3) is 0 Å². The van der Waals surface area contributed by atoms with Gasteiger partial charge in [0.2, 0.25) is 0 Å². The van der Waals surface area contributed by atoms with Gasteiger partial charge in [-0.25, -0.2) is 0 Å². The Hall–Kier alpha value is -0.410. The number of rotatable bonds is 0. The van der Waals surface area contributed by atoms with E-state index >= 15 is 0 Å². The predicted octanol–water partition coefficient (Wildman–Crippen LogP) is 0.748. The molecule has 0 aliphatic heterocycles. The van der Waals surface area contributed by atoms with Crippen molar-refractivity contribution >= 4 is 17.0 Å². The summed E-state index contributed by atoms with van der Waals surface area (Å²) >= 11 is 0. The second-order valence-corrected chi connectivity index (χ2v) is 0.205. The molecular formula is H3BrN4. The SMILES string of the molecule is Br.[N-]=[N+]=NN. The number of hydrogen-bond acceptors (Lipinski definition) is 1. The van der Waals surface area contributed by atoms with Crippen molar-refractivity contribution < 1.29 is 0 Å². The standard InChI is InChI=1S/BrH.H2N4/c;1-3-4-2/h1H;1H2. The zero-order valence-corrected chi connectivity index (χ0v) is 4.04. The van der Waals surface area contributed by atoms with Gasteiger partial charge in [0.15, 0.2) is 0 Å². The van der Waals surface area contributed by atoms with Crippen LogP contribution >= 0.6 is 17.0 Å². The van der Waals surface area contributed by atoms with Crippen LogP contribution in [0.1, 0.15) is 0 Å². The maximum absolute atomic E-state index is 7.21. The lowest BCUT2D eigenvalue weighted by atomic mass is 12.7. The highest BCUT2D eigenvalue weighted by atomic mass is 79.9. The molecular weight excluding hydrogens is 136 g/mol. The molecule has 0 rings (SSSR count). The number of azide groups is 1. The summed E-state index contributed by atoms with van der Waals surface area (Å²) in [5.74, 6) is 4.24. The molecule has 0 radical (unpaired) electrons. The lowest BCUT2D eigenvalue weighted by molar-refractivity contribution is 1.21. The number of halogens is 1. The molecule has 0 atom stereocenters. The minimum Gasteiger partial charge on any atom is -0.274 e. The van der Waals surface area contributed by atoms with Crippen LogP contribution in [0.15, 0.2) is 5.22 Å². The molecule has 5 heteroatoms. The molecule has 30 valence electrons. The van der Waals surface area contributed by atoms with Crippen LogP contribution in [0.3, 0.4) is 0 Å². The highest BCUT2D eigenvalue weighted by Crippen LogP contribution is 1.38. The van der Waals surface area contributed by atoms with Crippen LogP contribution in [0.25, 0.3) is 10.4 Å². The van der Waals surface area contributed by atoms with Gasteiger partial charge in [-0.05, 0) is 5.22 Å². The smallest absolute Gasteiger partial charge is 0.0241 e. The topological polar surface area (TPSA) is 74.8 Å². The fourth-order valence-corrected chi connectivity index (χ4v) is 0.